The minimum atomic E-state index is 1.04. The number of imidazole rings is 1. The molecule has 0 bridgehead atoms. The molecule has 1 aromatic rings. The van der Waals surface area contributed by atoms with E-state index < -0.39 is 0 Å². The van der Waals surface area contributed by atoms with Gasteiger partial charge in [-0.05, 0) is 6.42 Å². The van der Waals surface area contributed by atoms with Crippen LogP contribution in [0, 0.1) is 0 Å². The average Bonchev–Trinajstić information content (AvgIpc) is 2.15. The van der Waals surface area contributed by atoms with Crippen LogP contribution in [0.2, 0.25) is 0 Å². The van der Waals surface area contributed by atoms with Crippen molar-refractivity contribution in [1.29, 1.82) is 0 Å². The maximum absolute atomic E-state index is 4.05. The molecule has 1 aromatic heterocycles. The largest absolute Gasteiger partial charge is 0.345 e. The van der Waals surface area contributed by atoms with Crippen molar-refractivity contribution in [2.75, 3.05) is 0 Å². The van der Waals surface area contributed by atoms with Crippen molar-refractivity contribution in [3.8, 4) is 0 Å². The van der Waals surface area contributed by atoms with Crippen molar-refractivity contribution in [1.82, 2.24) is 9.97 Å². The molecule has 40 valence electrons. The van der Waals surface area contributed by atoms with Crippen LogP contribution in [0.15, 0.2) is 6.33 Å². The molecule has 0 spiro atoms. The first kappa shape index (κ1) is 3.89. The fourth-order valence-corrected chi connectivity index (χ4v) is 0.929. The van der Waals surface area contributed by atoms with Gasteiger partial charge >= 0.3 is 0 Å². The van der Waals surface area contributed by atoms with E-state index in [9.17, 15) is 0 Å². The second kappa shape index (κ2) is 1.22. The maximum Gasteiger partial charge on any atom is 0.0931 e. The van der Waals surface area contributed by atoms with E-state index in [0.717, 1.165) is 11.8 Å². The number of aromatic nitrogens is 2. The van der Waals surface area contributed by atoms with E-state index in [2.05, 4.69) is 22.1 Å². The summed E-state index contributed by atoms with van der Waals surface area (Å²) in [6.07, 6.45) is 6.99. The van der Waals surface area contributed by atoms with Crippen LogP contribution in [0.4, 0.5) is 0 Å². The van der Waals surface area contributed by atoms with E-state index >= 15 is 0 Å². The van der Waals surface area contributed by atoms with Gasteiger partial charge in [0.05, 0.1) is 17.0 Å². The zero-order chi connectivity index (χ0) is 5.40. The third-order valence-electron chi connectivity index (χ3n) is 1.33. The van der Waals surface area contributed by atoms with Gasteiger partial charge in [0.15, 0.2) is 0 Å². The van der Waals surface area contributed by atoms with Crippen molar-refractivity contribution in [3.05, 3.63) is 17.0 Å². The van der Waals surface area contributed by atoms with Crippen LogP contribution < -0.4 is 10.7 Å². The molecule has 1 N–H and O–H groups in total. The lowest BCUT2D eigenvalue weighted by atomic mass is 10.5. The molecule has 1 aliphatic carbocycles. The van der Waals surface area contributed by atoms with Crippen molar-refractivity contribution in [2.24, 2.45) is 0 Å². The summed E-state index contributed by atoms with van der Waals surface area (Å²) in [5.74, 6) is 0. The summed E-state index contributed by atoms with van der Waals surface area (Å²) in [5.41, 5.74) is 0. The molecule has 2 heteroatoms. The molecule has 2 nitrogen and oxygen atoms in total. The first-order valence-electron chi connectivity index (χ1n) is 2.66. The normalized spacial score (nSPS) is 14.5. The monoisotopic (exact) mass is 106 g/mol. The molecule has 1 aliphatic rings. The Morgan fingerprint density at radius 1 is 1.50 bits per heavy atom. The summed E-state index contributed by atoms with van der Waals surface area (Å²) in [6, 6.07) is 0. The van der Waals surface area contributed by atoms with Gasteiger partial charge in [-0.15, -0.1) is 0 Å². The van der Waals surface area contributed by atoms with Gasteiger partial charge in [-0.25, -0.2) is 4.98 Å². The summed E-state index contributed by atoms with van der Waals surface area (Å²) in [7, 11) is 0. The number of nitrogens with one attached hydrogen (secondary N) is 1. The Balaban J connectivity index is 3.08. The quantitative estimate of drug-likeness (QED) is 0.469. The van der Waals surface area contributed by atoms with E-state index in [1.807, 2.05) is 0 Å². The Bertz CT molecular complexity index is 266. The highest BCUT2D eigenvalue weighted by atomic mass is 14.9. The van der Waals surface area contributed by atoms with Crippen LogP contribution in [-0.4, -0.2) is 9.97 Å². The zero-order valence-corrected chi connectivity index (χ0v) is 4.39. The Kier molecular flexibility index (Phi) is 0.592. The minimum absolute atomic E-state index is 1.04. The number of rotatable bonds is 0. The Labute approximate surface area is 46.6 Å². The van der Waals surface area contributed by atoms with E-state index in [1.165, 1.54) is 5.35 Å². The van der Waals surface area contributed by atoms with Crippen LogP contribution in [0.3, 0.4) is 0 Å². The molecule has 0 aliphatic heterocycles. The second-order valence-corrected chi connectivity index (χ2v) is 1.85. The number of hydrogen-bond acceptors (Lipinski definition) is 1. The van der Waals surface area contributed by atoms with Crippen LogP contribution in [0.25, 0.3) is 12.2 Å². The first-order chi connectivity index (χ1) is 3.97. The molecular weight excluding hydrogens is 100 g/mol. The van der Waals surface area contributed by atoms with E-state index in [-0.39, 0.29) is 0 Å². The molecule has 2 rings (SSSR count). The van der Waals surface area contributed by atoms with Crippen LogP contribution in [0.1, 0.15) is 6.42 Å². The van der Waals surface area contributed by atoms with E-state index in [0.29, 0.717) is 0 Å². The lowest BCUT2D eigenvalue weighted by molar-refractivity contribution is 1.27. The predicted octanol–water partition coefficient (Wildman–Crippen LogP) is -0.626. The molecule has 8 heavy (non-hydrogen) atoms. The van der Waals surface area contributed by atoms with E-state index in [1.54, 1.807) is 6.33 Å². The van der Waals surface area contributed by atoms with Crippen LogP contribution in [-0.2, 0) is 0 Å². The molecule has 0 atom stereocenters. The SMILES string of the molecule is C1=c2nc[nH]c2=CC1. The summed E-state index contributed by atoms with van der Waals surface area (Å²) in [4.78, 5) is 7.07. The highest BCUT2D eigenvalue weighted by molar-refractivity contribution is 5.41. The number of nitrogens with zero attached hydrogens (tertiary/aromatic N) is 1. The van der Waals surface area contributed by atoms with Crippen LogP contribution in [0.5, 0.6) is 0 Å². The summed E-state index contributed by atoms with van der Waals surface area (Å²) in [5, 5.41) is 2.27. The van der Waals surface area contributed by atoms with Gasteiger partial charge in [-0.2, -0.15) is 0 Å². The fraction of sp³-hybridized carbons (Fsp3) is 0.167. The third-order valence-corrected chi connectivity index (χ3v) is 1.33. The number of hydrogen-bond donors (Lipinski definition) is 1. The minimum Gasteiger partial charge on any atom is -0.345 e. The Morgan fingerprint density at radius 3 is 3.38 bits per heavy atom. The highest BCUT2D eigenvalue weighted by Crippen LogP contribution is 1.83. The molecule has 0 unspecified atom stereocenters. The van der Waals surface area contributed by atoms with Gasteiger partial charge in [0.2, 0.25) is 0 Å². The third kappa shape index (κ3) is 0.346. The topological polar surface area (TPSA) is 28.7 Å². The van der Waals surface area contributed by atoms with Crippen molar-refractivity contribution in [2.45, 2.75) is 6.42 Å². The van der Waals surface area contributed by atoms with Crippen molar-refractivity contribution >= 4 is 12.2 Å². The van der Waals surface area contributed by atoms with Gasteiger partial charge in [0, 0.05) is 0 Å². The average molecular weight is 106 g/mol. The Morgan fingerprint density at radius 2 is 2.50 bits per heavy atom. The van der Waals surface area contributed by atoms with Gasteiger partial charge in [0.25, 0.3) is 0 Å². The highest BCUT2D eigenvalue weighted by Gasteiger charge is 1.90. The van der Waals surface area contributed by atoms with Crippen molar-refractivity contribution in [3.63, 3.8) is 0 Å². The smallest absolute Gasteiger partial charge is 0.0931 e. The molecular formula is C6H6N2. The second-order valence-electron chi connectivity index (χ2n) is 1.85. The molecule has 0 saturated carbocycles. The predicted molar refractivity (Wildman–Crippen MR) is 31.4 cm³/mol. The molecule has 0 saturated heterocycles. The maximum atomic E-state index is 4.05. The standard InChI is InChI=1S/C6H6N2/c1-2-5-6(3-1)8-4-7-5/h2-4H,1H2,(H,7,8). The summed E-state index contributed by atoms with van der Waals surface area (Å²) >= 11 is 0. The summed E-state index contributed by atoms with van der Waals surface area (Å²) < 4.78 is 0. The first-order valence-corrected chi connectivity index (χ1v) is 2.66. The van der Waals surface area contributed by atoms with E-state index in [4.69, 9.17) is 0 Å². The lowest BCUT2D eigenvalue weighted by Gasteiger charge is -1.64. The molecule has 0 amide bonds. The van der Waals surface area contributed by atoms with Crippen LogP contribution >= 0.6 is 0 Å². The fourth-order valence-electron chi connectivity index (χ4n) is 0.929. The van der Waals surface area contributed by atoms with Gasteiger partial charge in [-0.3, -0.25) is 0 Å². The Hall–Kier alpha value is -1.05. The van der Waals surface area contributed by atoms with Crippen molar-refractivity contribution < 1.29 is 0 Å². The summed E-state index contributed by atoms with van der Waals surface area (Å²) in [6.45, 7) is 0. The molecule has 0 radical (unpaired) electrons. The van der Waals surface area contributed by atoms with Gasteiger partial charge < -0.3 is 4.98 Å². The van der Waals surface area contributed by atoms with Gasteiger partial charge in [-0.1, -0.05) is 12.2 Å². The molecule has 0 fully saturated rings. The zero-order valence-electron chi connectivity index (χ0n) is 4.39. The number of fused-ring (bicyclic) bond motifs is 1. The molecule has 1 heterocycles. The van der Waals surface area contributed by atoms with Gasteiger partial charge in [0.1, 0.15) is 0 Å². The number of H-pyrrole nitrogens is 1. The lowest BCUT2D eigenvalue weighted by Crippen LogP contribution is -2.19. The number of aromatic amines is 1. The molecule has 0 aromatic carbocycles.